The third kappa shape index (κ3) is 3.29. The normalized spacial score (nSPS) is 36.4. The van der Waals surface area contributed by atoms with Crippen LogP contribution in [0, 0.1) is 29.6 Å². The summed E-state index contributed by atoms with van der Waals surface area (Å²) in [5.74, 6) is 4.96. The number of ether oxygens (including phenoxy) is 1. The summed E-state index contributed by atoms with van der Waals surface area (Å²) in [6.45, 7) is 4.81. The molecule has 1 aromatic heterocycles. The highest BCUT2D eigenvalue weighted by atomic mass is 16.5. The Labute approximate surface area is 154 Å². The minimum Gasteiger partial charge on any atom is -0.379 e. The Kier molecular flexibility index (Phi) is 4.49. The van der Waals surface area contributed by atoms with Gasteiger partial charge < -0.3 is 14.6 Å². The molecule has 142 valence electrons. The molecule has 4 bridgehead atoms. The van der Waals surface area contributed by atoms with Crippen LogP contribution < -0.4 is 5.32 Å². The van der Waals surface area contributed by atoms with Crippen LogP contribution in [0.5, 0.6) is 0 Å². The van der Waals surface area contributed by atoms with E-state index >= 15 is 0 Å². The minimum absolute atomic E-state index is 0.0872. The molecular weight excluding hydrogens is 330 g/mol. The highest BCUT2D eigenvalue weighted by molar-refractivity contribution is 5.92. The van der Waals surface area contributed by atoms with Gasteiger partial charge in [-0.15, -0.1) is 0 Å². The highest BCUT2D eigenvalue weighted by Crippen LogP contribution is 2.56. The second-order valence-corrected chi connectivity index (χ2v) is 8.87. The fourth-order valence-corrected chi connectivity index (χ4v) is 6.15. The van der Waals surface area contributed by atoms with Gasteiger partial charge >= 0.3 is 0 Å². The molecule has 1 aromatic rings. The van der Waals surface area contributed by atoms with Crippen molar-refractivity contribution in [2.75, 3.05) is 32.8 Å². The van der Waals surface area contributed by atoms with Gasteiger partial charge in [0.25, 0.3) is 5.91 Å². The number of nitrogens with one attached hydrogen (secondary N) is 1. The molecule has 0 atom stereocenters. The molecule has 1 amide bonds. The summed E-state index contributed by atoms with van der Waals surface area (Å²) in [5, 5.41) is 7.14. The molecule has 4 aliphatic carbocycles. The van der Waals surface area contributed by atoms with Crippen LogP contribution in [0.1, 0.15) is 48.4 Å². The fraction of sp³-hybridized carbons (Fsp3) is 0.800. The number of amides is 1. The topological polar surface area (TPSA) is 67.6 Å². The summed E-state index contributed by atoms with van der Waals surface area (Å²) >= 11 is 0. The molecule has 1 aliphatic heterocycles. The maximum absolute atomic E-state index is 12.5. The van der Waals surface area contributed by atoms with E-state index < -0.39 is 0 Å². The van der Waals surface area contributed by atoms with Gasteiger partial charge in [0.1, 0.15) is 0 Å². The molecule has 0 unspecified atom stereocenters. The number of rotatable bonds is 5. The Balaban J connectivity index is 1.15. The quantitative estimate of drug-likeness (QED) is 0.874. The van der Waals surface area contributed by atoms with Crippen LogP contribution in [0.25, 0.3) is 0 Å². The summed E-state index contributed by atoms with van der Waals surface area (Å²) < 4.78 is 10.7. The first-order valence-corrected chi connectivity index (χ1v) is 10.3. The second kappa shape index (κ2) is 6.97. The Morgan fingerprint density at radius 2 is 1.81 bits per heavy atom. The third-order valence-electron chi connectivity index (χ3n) is 7.20. The zero-order valence-corrected chi connectivity index (χ0v) is 15.4. The molecular formula is C20H29N3O3. The molecule has 1 N–H and O–H groups in total. The van der Waals surface area contributed by atoms with Gasteiger partial charge in [-0.1, -0.05) is 5.16 Å². The van der Waals surface area contributed by atoms with E-state index in [-0.39, 0.29) is 5.91 Å². The van der Waals surface area contributed by atoms with Crippen molar-refractivity contribution in [1.29, 1.82) is 0 Å². The first-order valence-electron chi connectivity index (χ1n) is 10.3. The maximum Gasteiger partial charge on any atom is 0.273 e. The zero-order chi connectivity index (χ0) is 17.5. The van der Waals surface area contributed by atoms with Crippen molar-refractivity contribution in [3.8, 4) is 0 Å². The molecule has 26 heavy (non-hydrogen) atoms. The Morgan fingerprint density at radius 1 is 1.12 bits per heavy atom. The van der Waals surface area contributed by atoms with Crippen molar-refractivity contribution in [3.63, 3.8) is 0 Å². The van der Waals surface area contributed by atoms with Gasteiger partial charge in [0, 0.05) is 25.7 Å². The van der Waals surface area contributed by atoms with Gasteiger partial charge in [-0.25, -0.2) is 0 Å². The summed E-state index contributed by atoms with van der Waals surface area (Å²) in [7, 11) is 0. The number of morpholine rings is 1. The number of carbonyl (C=O) groups excluding carboxylic acids is 1. The summed E-state index contributed by atoms with van der Waals surface area (Å²) in [5.41, 5.74) is 0.414. The number of aromatic nitrogens is 1. The van der Waals surface area contributed by atoms with Crippen molar-refractivity contribution in [2.24, 2.45) is 29.6 Å². The van der Waals surface area contributed by atoms with Gasteiger partial charge in [-0.05, 0) is 61.7 Å². The average Bonchev–Trinajstić information content (AvgIpc) is 3.10. The number of hydrogen-bond donors (Lipinski definition) is 1. The smallest absolute Gasteiger partial charge is 0.273 e. The van der Waals surface area contributed by atoms with E-state index in [2.05, 4.69) is 15.4 Å². The van der Waals surface area contributed by atoms with Crippen molar-refractivity contribution in [1.82, 2.24) is 15.4 Å². The lowest BCUT2D eigenvalue weighted by molar-refractivity contribution is -0.0347. The van der Waals surface area contributed by atoms with Crippen molar-refractivity contribution < 1.29 is 14.1 Å². The molecule has 6 heteroatoms. The number of nitrogens with zero attached hydrogens (tertiary/aromatic N) is 2. The van der Waals surface area contributed by atoms with Crippen LogP contribution >= 0.6 is 0 Å². The lowest BCUT2D eigenvalue weighted by atomic mass is 9.52. The lowest BCUT2D eigenvalue weighted by Gasteiger charge is -2.54. The maximum atomic E-state index is 12.5. The predicted octanol–water partition coefficient (Wildman–Crippen LogP) is 2.31. The molecule has 6 nitrogen and oxygen atoms in total. The van der Waals surface area contributed by atoms with Gasteiger partial charge in [-0.2, -0.15) is 0 Å². The zero-order valence-electron chi connectivity index (χ0n) is 15.4. The molecule has 5 fully saturated rings. The van der Waals surface area contributed by atoms with E-state index in [9.17, 15) is 4.79 Å². The van der Waals surface area contributed by atoms with Gasteiger partial charge in [0.05, 0.1) is 19.8 Å². The number of hydrogen-bond acceptors (Lipinski definition) is 5. The highest BCUT2D eigenvalue weighted by Gasteiger charge is 2.47. The van der Waals surface area contributed by atoms with Crippen molar-refractivity contribution >= 4 is 5.91 Å². The standard InChI is InChI=1S/C20H29N3O3/c24-20(19-10-17(26-22-19)12-23-1-3-25-4-2-23)21-11-18-15-6-13-5-14(8-15)9-16(18)7-13/h10,13-16,18H,1-9,11-12H2,(H,21,24). The summed E-state index contributed by atoms with van der Waals surface area (Å²) in [6.07, 6.45) is 7.03. The van der Waals surface area contributed by atoms with Crippen molar-refractivity contribution in [2.45, 2.75) is 38.6 Å². The SMILES string of the molecule is O=C(NCC1C2CC3CC(C2)CC1C3)c1cc(CN2CCOCC2)on1. The van der Waals surface area contributed by atoms with E-state index in [0.717, 1.165) is 62.3 Å². The average molecular weight is 359 g/mol. The Hall–Kier alpha value is -1.40. The first kappa shape index (κ1) is 16.8. The molecule has 1 saturated heterocycles. The van der Waals surface area contributed by atoms with Gasteiger partial charge in [0.2, 0.25) is 0 Å². The van der Waals surface area contributed by atoms with Crippen LogP contribution in [0.4, 0.5) is 0 Å². The third-order valence-corrected chi connectivity index (χ3v) is 7.20. The Bertz CT molecular complexity index is 624. The van der Waals surface area contributed by atoms with Crippen LogP contribution in [-0.2, 0) is 11.3 Å². The van der Waals surface area contributed by atoms with E-state index in [4.69, 9.17) is 9.26 Å². The molecule has 0 spiro atoms. The van der Waals surface area contributed by atoms with Crippen molar-refractivity contribution in [3.05, 3.63) is 17.5 Å². The fourth-order valence-electron chi connectivity index (χ4n) is 6.15. The van der Waals surface area contributed by atoms with Gasteiger partial charge in [0.15, 0.2) is 11.5 Å². The molecule has 0 radical (unpaired) electrons. The molecule has 2 heterocycles. The van der Waals surface area contributed by atoms with E-state index in [0.29, 0.717) is 18.2 Å². The Morgan fingerprint density at radius 3 is 2.50 bits per heavy atom. The monoisotopic (exact) mass is 359 g/mol. The summed E-state index contributed by atoms with van der Waals surface area (Å²) in [4.78, 5) is 14.8. The van der Waals surface area contributed by atoms with Crippen LogP contribution in [0.15, 0.2) is 10.6 Å². The van der Waals surface area contributed by atoms with E-state index in [1.54, 1.807) is 6.07 Å². The van der Waals surface area contributed by atoms with Crippen LogP contribution in [0.2, 0.25) is 0 Å². The van der Waals surface area contributed by atoms with Crippen LogP contribution in [0.3, 0.4) is 0 Å². The lowest BCUT2D eigenvalue weighted by Crippen LogP contribution is -2.49. The molecule has 0 aromatic carbocycles. The molecule has 5 aliphatic rings. The first-order chi connectivity index (χ1) is 12.7. The van der Waals surface area contributed by atoms with E-state index in [1.165, 1.54) is 32.1 Å². The summed E-state index contributed by atoms with van der Waals surface area (Å²) in [6, 6.07) is 1.79. The molecule has 4 saturated carbocycles. The predicted molar refractivity (Wildman–Crippen MR) is 95.5 cm³/mol. The second-order valence-electron chi connectivity index (χ2n) is 8.87. The molecule has 6 rings (SSSR count). The largest absolute Gasteiger partial charge is 0.379 e. The van der Waals surface area contributed by atoms with Gasteiger partial charge in [-0.3, -0.25) is 9.69 Å². The number of carbonyl (C=O) groups is 1. The van der Waals surface area contributed by atoms with Crippen LogP contribution in [-0.4, -0.2) is 48.8 Å². The van der Waals surface area contributed by atoms with E-state index in [1.807, 2.05) is 0 Å². The minimum atomic E-state index is -0.0872.